The lowest BCUT2D eigenvalue weighted by Gasteiger charge is -2.07. The molecule has 1 aromatic carbocycles. The molecule has 0 saturated heterocycles. The fourth-order valence-electron chi connectivity index (χ4n) is 2.45. The lowest BCUT2D eigenvalue weighted by atomic mass is 10.2. The summed E-state index contributed by atoms with van der Waals surface area (Å²) in [4.78, 5) is 41.0. The van der Waals surface area contributed by atoms with Gasteiger partial charge in [0.25, 0.3) is 5.56 Å². The Labute approximate surface area is 134 Å². The Bertz CT molecular complexity index is 1100. The summed E-state index contributed by atoms with van der Waals surface area (Å²) < 4.78 is 6.08. The first-order valence-corrected chi connectivity index (χ1v) is 7.11. The predicted octanol–water partition coefficient (Wildman–Crippen LogP) is 1.06. The molecule has 24 heavy (non-hydrogen) atoms. The van der Waals surface area contributed by atoms with Gasteiger partial charge in [-0.25, -0.2) is 9.59 Å². The molecular weight excluding hydrogens is 312 g/mol. The molecule has 0 aliphatic rings. The van der Waals surface area contributed by atoms with Crippen LogP contribution in [0, 0.1) is 11.3 Å². The Hall–Kier alpha value is -3.60. The number of aromatic amines is 2. The van der Waals surface area contributed by atoms with E-state index in [2.05, 4.69) is 9.97 Å². The van der Waals surface area contributed by atoms with E-state index >= 15 is 0 Å². The summed E-state index contributed by atoms with van der Waals surface area (Å²) in [5.74, 6) is -0.639. The lowest BCUT2D eigenvalue weighted by molar-refractivity contribution is 0.0520. The van der Waals surface area contributed by atoms with E-state index in [-0.39, 0.29) is 23.6 Å². The Morgan fingerprint density at radius 2 is 2.04 bits per heavy atom. The van der Waals surface area contributed by atoms with Crippen LogP contribution in [0.25, 0.3) is 16.6 Å². The van der Waals surface area contributed by atoms with Crippen molar-refractivity contribution < 1.29 is 9.53 Å². The van der Waals surface area contributed by atoms with Crippen LogP contribution >= 0.6 is 0 Å². The van der Waals surface area contributed by atoms with Gasteiger partial charge in [0, 0.05) is 17.1 Å². The van der Waals surface area contributed by atoms with E-state index in [4.69, 9.17) is 10.00 Å². The van der Waals surface area contributed by atoms with Crippen LogP contribution in [-0.4, -0.2) is 27.1 Å². The third kappa shape index (κ3) is 2.38. The number of ether oxygens (including phenoxy) is 1. The molecule has 0 spiro atoms. The number of hydrogen-bond acceptors (Lipinski definition) is 5. The zero-order chi connectivity index (χ0) is 17.3. The predicted molar refractivity (Wildman–Crippen MR) is 85.2 cm³/mol. The summed E-state index contributed by atoms with van der Waals surface area (Å²) in [6.07, 6.45) is 1.11. The van der Waals surface area contributed by atoms with E-state index in [0.29, 0.717) is 10.9 Å². The van der Waals surface area contributed by atoms with Crippen LogP contribution in [0.5, 0.6) is 0 Å². The Kier molecular flexibility index (Phi) is 3.75. The van der Waals surface area contributed by atoms with Crippen molar-refractivity contribution in [2.24, 2.45) is 0 Å². The number of esters is 1. The van der Waals surface area contributed by atoms with E-state index in [1.807, 2.05) is 0 Å². The largest absolute Gasteiger partial charge is 0.461 e. The monoisotopic (exact) mass is 324 g/mol. The third-order valence-corrected chi connectivity index (χ3v) is 3.46. The van der Waals surface area contributed by atoms with Crippen molar-refractivity contribution in [3.63, 3.8) is 0 Å². The molecule has 0 aliphatic carbocycles. The van der Waals surface area contributed by atoms with Gasteiger partial charge >= 0.3 is 11.7 Å². The second-order valence-corrected chi connectivity index (χ2v) is 4.90. The summed E-state index contributed by atoms with van der Waals surface area (Å²) in [6, 6.07) is 8.69. The minimum absolute atomic E-state index is 0.0658. The third-order valence-electron chi connectivity index (χ3n) is 3.46. The maximum absolute atomic E-state index is 12.2. The number of rotatable bonds is 3. The van der Waals surface area contributed by atoms with Crippen molar-refractivity contribution in [2.45, 2.75) is 6.92 Å². The molecule has 0 amide bonds. The molecule has 0 atom stereocenters. The molecular formula is C16H12N4O4. The fraction of sp³-hybridized carbons (Fsp3) is 0.125. The van der Waals surface area contributed by atoms with Gasteiger partial charge in [0.1, 0.15) is 11.6 Å². The van der Waals surface area contributed by atoms with Gasteiger partial charge in [-0.15, -0.1) is 0 Å². The minimum Gasteiger partial charge on any atom is -0.461 e. The molecule has 3 rings (SSSR count). The molecule has 8 heteroatoms. The average molecular weight is 324 g/mol. The SMILES string of the molecule is CCOC(=O)c1[nH]c2ccccc2c1-n1cc(C#N)c(=O)[nH]c1=O. The van der Waals surface area contributed by atoms with Gasteiger partial charge in [0.15, 0.2) is 5.69 Å². The minimum atomic E-state index is -0.781. The van der Waals surface area contributed by atoms with Crippen LogP contribution < -0.4 is 11.2 Å². The van der Waals surface area contributed by atoms with Crippen molar-refractivity contribution in [2.75, 3.05) is 6.61 Å². The maximum Gasteiger partial charge on any atom is 0.356 e. The summed E-state index contributed by atoms with van der Waals surface area (Å²) in [5, 5.41) is 9.60. The highest BCUT2D eigenvalue weighted by atomic mass is 16.5. The highest BCUT2D eigenvalue weighted by Crippen LogP contribution is 2.25. The molecule has 2 heterocycles. The number of carbonyl (C=O) groups is 1. The van der Waals surface area contributed by atoms with Crippen molar-refractivity contribution in [1.82, 2.24) is 14.5 Å². The summed E-state index contributed by atoms with van der Waals surface area (Å²) in [7, 11) is 0. The normalized spacial score (nSPS) is 10.5. The van der Waals surface area contributed by atoms with Gasteiger partial charge in [-0.05, 0) is 13.0 Å². The van der Waals surface area contributed by atoms with Gasteiger partial charge < -0.3 is 9.72 Å². The summed E-state index contributed by atoms with van der Waals surface area (Å²) >= 11 is 0. The van der Waals surface area contributed by atoms with Gasteiger partial charge in [0.05, 0.1) is 12.3 Å². The van der Waals surface area contributed by atoms with E-state index in [0.717, 1.165) is 10.8 Å². The number of H-pyrrole nitrogens is 2. The second kappa shape index (κ2) is 5.89. The van der Waals surface area contributed by atoms with Crippen molar-refractivity contribution in [3.05, 3.63) is 62.6 Å². The maximum atomic E-state index is 12.2. The second-order valence-electron chi connectivity index (χ2n) is 4.90. The smallest absolute Gasteiger partial charge is 0.356 e. The van der Waals surface area contributed by atoms with E-state index in [9.17, 15) is 14.4 Å². The zero-order valence-electron chi connectivity index (χ0n) is 12.6. The van der Waals surface area contributed by atoms with Crippen LogP contribution in [0.2, 0.25) is 0 Å². The Morgan fingerprint density at radius 3 is 2.75 bits per heavy atom. The fourth-order valence-corrected chi connectivity index (χ4v) is 2.45. The van der Waals surface area contributed by atoms with E-state index in [1.165, 1.54) is 0 Å². The molecule has 8 nitrogen and oxygen atoms in total. The number of nitrogens with one attached hydrogen (secondary N) is 2. The standard InChI is InChI=1S/C16H12N4O4/c1-2-24-15(22)12-13(10-5-3-4-6-11(10)18-12)20-8-9(7-17)14(21)19-16(20)23/h3-6,8,18H,2H2,1H3,(H,19,21,23). The molecule has 0 unspecified atom stereocenters. The number of hydrogen-bond donors (Lipinski definition) is 2. The van der Waals surface area contributed by atoms with Gasteiger partial charge in [-0.1, -0.05) is 18.2 Å². The number of carbonyl (C=O) groups excluding carboxylic acids is 1. The van der Waals surface area contributed by atoms with Crippen molar-refractivity contribution in [1.29, 1.82) is 5.26 Å². The van der Waals surface area contributed by atoms with Crippen LogP contribution in [0.15, 0.2) is 40.1 Å². The number of nitriles is 1. The Morgan fingerprint density at radius 1 is 1.29 bits per heavy atom. The van der Waals surface area contributed by atoms with Crippen LogP contribution in [0.1, 0.15) is 23.0 Å². The number of para-hydroxylation sites is 1. The van der Waals surface area contributed by atoms with Gasteiger partial charge in [0.2, 0.25) is 0 Å². The quantitative estimate of drug-likeness (QED) is 0.698. The summed E-state index contributed by atoms with van der Waals surface area (Å²) in [6.45, 7) is 1.83. The number of fused-ring (bicyclic) bond motifs is 1. The van der Waals surface area contributed by atoms with Gasteiger partial charge in [-0.2, -0.15) is 5.26 Å². The molecule has 0 radical (unpaired) electrons. The molecule has 0 fully saturated rings. The summed E-state index contributed by atoms with van der Waals surface area (Å²) in [5.41, 5.74) is -0.870. The molecule has 0 aliphatic heterocycles. The lowest BCUT2D eigenvalue weighted by Crippen LogP contribution is -2.30. The van der Waals surface area contributed by atoms with E-state index < -0.39 is 17.2 Å². The first-order chi connectivity index (χ1) is 11.6. The first-order valence-electron chi connectivity index (χ1n) is 7.11. The number of nitrogens with zero attached hydrogens (tertiary/aromatic N) is 2. The topological polar surface area (TPSA) is 121 Å². The highest BCUT2D eigenvalue weighted by Gasteiger charge is 2.21. The van der Waals surface area contributed by atoms with Crippen LogP contribution in [0.3, 0.4) is 0 Å². The highest BCUT2D eigenvalue weighted by molar-refractivity contribution is 6.02. The van der Waals surface area contributed by atoms with Crippen LogP contribution in [-0.2, 0) is 4.74 Å². The van der Waals surface area contributed by atoms with Crippen molar-refractivity contribution >= 4 is 16.9 Å². The molecule has 2 aromatic heterocycles. The molecule has 2 N–H and O–H groups in total. The Balaban J connectivity index is 2.39. The average Bonchev–Trinajstić information content (AvgIpc) is 2.95. The molecule has 0 bridgehead atoms. The zero-order valence-corrected chi connectivity index (χ0v) is 12.6. The van der Waals surface area contributed by atoms with E-state index in [1.54, 1.807) is 37.3 Å². The van der Waals surface area contributed by atoms with Crippen molar-refractivity contribution in [3.8, 4) is 11.8 Å². The molecule has 120 valence electrons. The molecule has 3 aromatic rings. The van der Waals surface area contributed by atoms with Crippen LogP contribution in [0.4, 0.5) is 0 Å². The number of aromatic nitrogens is 3. The van der Waals surface area contributed by atoms with Gasteiger partial charge in [-0.3, -0.25) is 14.3 Å². The number of benzene rings is 1. The first kappa shape index (κ1) is 15.3. The molecule has 0 saturated carbocycles.